The van der Waals surface area contributed by atoms with Gasteiger partial charge < -0.3 is 19.3 Å². The molecule has 0 N–H and O–H groups in total. The van der Waals surface area contributed by atoms with E-state index in [4.69, 9.17) is 9.47 Å². The molecule has 3 rings (SSSR count). The summed E-state index contributed by atoms with van der Waals surface area (Å²) in [5.74, 6) is -0.0712. The van der Waals surface area contributed by atoms with Crippen LogP contribution in [0.15, 0.2) is 60.7 Å². The van der Waals surface area contributed by atoms with Crippen molar-refractivity contribution in [1.29, 1.82) is 0 Å². The van der Waals surface area contributed by atoms with Crippen molar-refractivity contribution in [3.8, 4) is 5.75 Å². The molecule has 0 unspecified atom stereocenters. The lowest BCUT2D eigenvalue weighted by Gasteiger charge is -2.28. The van der Waals surface area contributed by atoms with Crippen molar-refractivity contribution in [3.05, 3.63) is 87.4 Å². The number of hydrogen-bond acceptors (Lipinski definition) is 5. The maximum absolute atomic E-state index is 13.6. The smallest absolute Gasteiger partial charge is 0.254 e. The van der Waals surface area contributed by atoms with E-state index in [1.54, 1.807) is 64.6 Å². The fourth-order valence-electron chi connectivity index (χ4n) is 3.73. The maximum atomic E-state index is 13.6. The van der Waals surface area contributed by atoms with E-state index in [2.05, 4.69) is 0 Å². The average Bonchev–Trinajstić information content (AvgIpc) is 3.30. The Morgan fingerprint density at radius 1 is 0.944 bits per heavy atom. The standard InChI is InChI=1S/C28H33FN2O4S/c1-4-35-17-5-16-30(28(33)23-9-13-25(34-3)14-10-23)20-27(32)31(19-26-15-6-21(2)36-26)18-22-7-11-24(29)12-8-22/h6-15H,4-5,16-20H2,1-3H3. The third-order valence-electron chi connectivity index (χ3n) is 5.65. The topological polar surface area (TPSA) is 59.1 Å². The molecule has 0 spiro atoms. The summed E-state index contributed by atoms with van der Waals surface area (Å²) in [4.78, 5) is 32.4. The quantitative estimate of drug-likeness (QED) is 0.292. The van der Waals surface area contributed by atoms with Crippen LogP contribution < -0.4 is 4.74 Å². The van der Waals surface area contributed by atoms with Crippen LogP contribution in [-0.2, 0) is 22.6 Å². The fraction of sp³-hybridized carbons (Fsp3) is 0.357. The van der Waals surface area contributed by atoms with Gasteiger partial charge in [-0.2, -0.15) is 0 Å². The van der Waals surface area contributed by atoms with Crippen LogP contribution in [0, 0.1) is 12.7 Å². The van der Waals surface area contributed by atoms with E-state index in [-0.39, 0.29) is 24.2 Å². The van der Waals surface area contributed by atoms with Crippen molar-refractivity contribution in [2.45, 2.75) is 33.4 Å². The highest BCUT2D eigenvalue weighted by molar-refractivity contribution is 7.11. The van der Waals surface area contributed by atoms with Gasteiger partial charge >= 0.3 is 0 Å². The van der Waals surface area contributed by atoms with Crippen molar-refractivity contribution < 1.29 is 23.5 Å². The van der Waals surface area contributed by atoms with Gasteiger partial charge in [0.15, 0.2) is 0 Å². The lowest BCUT2D eigenvalue weighted by atomic mass is 10.1. The van der Waals surface area contributed by atoms with Crippen LogP contribution in [0.5, 0.6) is 5.75 Å². The number of aryl methyl sites for hydroxylation is 1. The first-order valence-corrected chi connectivity index (χ1v) is 12.8. The van der Waals surface area contributed by atoms with Gasteiger partial charge in [-0.15, -0.1) is 11.3 Å². The van der Waals surface area contributed by atoms with E-state index in [0.717, 1.165) is 15.3 Å². The highest BCUT2D eigenvalue weighted by Crippen LogP contribution is 2.20. The Morgan fingerprint density at radius 3 is 2.28 bits per heavy atom. The van der Waals surface area contributed by atoms with Crippen molar-refractivity contribution >= 4 is 23.2 Å². The van der Waals surface area contributed by atoms with E-state index in [9.17, 15) is 14.0 Å². The van der Waals surface area contributed by atoms with E-state index in [1.807, 2.05) is 26.0 Å². The number of amides is 2. The molecule has 1 heterocycles. The number of hydrogen-bond donors (Lipinski definition) is 0. The third kappa shape index (κ3) is 8.17. The van der Waals surface area contributed by atoms with Gasteiger partial charge in [0.05, 0.1) is 13.7 Å². The number of methoxy groups -OCH3 is 1. The minimum absolute atomic E-state index is 0.0669. The zero-order valence-electron chi connectivity index (χ0n) is 21.0. The van der Waals surface area contributed by atoms with E-state index < -0.39 is 0 Å². The van der Waals surface area contributed by atoms with Gasteiger partial charge in [0.1, 0.15) is 18.1 Å². The van der Waals surface area contributed by atoms with Crippen molar-refractivity contribution in [2.24, 2.45) is 0 Å². The lowest BCUT2D eigenvalue weighted by molar-refractivity contribution is -0.133. The van der Waals surface area contributed by atoms with Crippen molar-refractivity contribution in [1.82, 2.24) is 9.80 Å². The molecule has 0 fully saturated rings. The summed E-state index contributed by atoms with van der Waals surface area (Å²) < 4.78 is 24.1. The average molecular weight is 513 g/mol. The predicted molar refractivity (Wildman–Crippen MR) is 140 cm³/mol. The number of halogens is 1. The monoisotopic (exact) mass is 512 g/mol. The summed E-state index contributed by atoms with van der Waals surface area (Å²) in [6, 6.07) is 17.0. The first-order valence-electron chi connectivity index (χ1n) is 12.0. The number of carbonyl (C=O) groups is 2. The first-order chi connectivity index (χ1) is 17.4. The van der Waals surface area contributed by atoms with Crippen LogP contribution >= 0.6 is 11.3 Å². The number of ether oxygens (including phenoxy) is 2. The number of nitrogens with zero attached hydrogens (tertiary/aromatic N) is 2. The first kappa shape index (κ1) is 27.4. The van der Waals surface area contributed by atoms with E-state index in [0.29, 0.717) is 50.6 Å². The Morgan fingerprint density at radius 2 is 1.67 bits per heavy atom. The highest BCUT2D eigenvalue weighted by atomic mass is 32.1. The summed E-state index contributed by atoms with van der Waals surface area (Å²) in [5, 5.41) is 0. The van der Waals surface area contributed by atoms with Gasteiger partial charge in [0.2, 0.25) is 5.91 Å². The number of carbonyl (C=O) groups excluding carboxylic acids is 2. The van der Waals surface area contributed by atoms with Gasteiger partial charge in [-0.05, 0) is 74.4 Å². The molecule has 3 aromatic rings. The van der Waals surface area contributed by atoms with Gasteiger partial charge in [-0.1, -0.05) is 12.1 Å². The molecule has 0 radical (unpaired) electrons. The summed E-state index contributed by atoms with van der Waals surface area (Å²) in [6.45, 7) is 6.10. The SMILES string of the molecule is CCOCCCN(CC(=O)N(Cc1ccc(F)cc1)Cc1ccc(C)s1)C(=O)c1ccc(OC)cc1. The summed E-state index contributed by atoms with van der Waals surface area (Å²) in [5.41, 5.74) is 1.31. The molecule has 0 aliphatic heterocycles. The molecular weight excluding hydrogens is 479 g/mol. The van der Waals surface area contributed by atoms with Gasteiger partial charge in [-0.25, -0.2) is 4.39 Å². The van der Waals surface area contributed by atoms with Crippen LogP contribution in [0.3, 0.4) is 0 Å². The fourth-order valence-corrected chi connectivity index (χ4v) is 4.64. The molecule has 0 saturated carbocycles. The van der Waals surface area contributed by atoms with E-state index in [1.165, 1.54) is 12.1 Å². The zero-order valence-corrected chi connectivity index (χ0v) is 21.9. The molecule has 0 atom stereocenters. The van der Waals surface area contributed by atoms with Crippen LogP contribution in [0.2, 0.25) is 0 Å². The lowest BCUT2D eigenvalue weighted by Crippen LogP contribution is -2.43. The predicted octanol–water partition coefficient (Wildman–Crippen LogP) is 5.30. The van der Waals surface area contributed by atoms with Crippen LogP contribution in [0.25, 0.3) is 0 Å². The molecule has 8 heteroatoms. The zero-order chi connectivity index (χ0) is 25.9. The van der Waals surface area contributed by atoms with Gasteiger partial charge in [0.25, 0.3) is 5.91 Å². The second-order valence-electron chi connectivity index (χ2n) is 8.39. The second-order valence-corrected chi connectivity index (χ2v) is 9.77. The largest absolute Gasteiger partial charge is 0.497 e. The van der Waals surface area contributed by atoms with Crippen LogP contribution in [0.1, 0.15) is 39.0 Å². The number of benzene rings is 2. The van der Waals surface area contributed by atoms with Gasteiger partial charge in [-0.3, -0.25) is 9.59 Å². The Bertz CT molecular complexity index is 1120. The third-order valence-corrected chi connectivity index (χ3v) is 6.64. The molecule has 192 valence electrons. The maximum Gasteiger partial charge on any atom is 0.254 e. The Balaban J connectivity index is 1.79. The Hall–Kier alpha value is -3.23. The molecule has 0 aliphatic rings. The van der Waals surface area contributed by atoms with Crippen LogP contribution in [-0.4, -0.2) is 55.0 Å². The molecule has 0 saturated heterocycles. The molecule has 36 heavy (non-hydrogen) atoms. The normalized spacial score (nSPS) is 10.8. The Kier molecular flexibility index (Phi) is 10.5. The summed E-state index contributed by atoms with van der Waals surface area (Å²) in [7, 11) is 1.57. The molecule has 2 aromatic carbocycles. The molecule has 1 aromatic heterocycles. The minimum atomic E-state index is -0.323. The highest BCUT2D eigenvalue weighted by Gasteiger charge is 2.23. The summed E-state index contributed by atoms with van der Waals surface area (Å²) >= 11 is 1.63. The summed E-state index contributed by atoms with van der Waals surface area (Å²) in [6.07, 6.45) is 0.616. The molecule has 2 amide bonds. The minimum Gasteiger partial charge on any atom is -0.497 e. The van der Waals surface area contributed by atoms with Crippen molar-refractivity contribution in [3.63, 3.8) is 0 Å². The van der Waals surface area contributed by atoms with Crippen LogP contribution in [0.4, 0.5) is 4.39 Å². The number of rotatable bonds is 13. The van der Waals surface area contributed by atoms with Crippen molar-refractivity contribution in [2.75, 3.05) is 33.4 Å². The number of thiophene rings is 1. The Labute approximate surface area is 216 Å². The molecular formula is C28H33FN2O4S. The molecule has 0 aliphatic carbocycles. The second kappa shape index (κ2) is 13.8. The molecule has 6 nitrogen and oxygen atoms in total. The molecule has 0 bridgehead atoms. The van der Waals surface area contributed by atoms with Gasteiger partial charge in [0, 0.05) is 41.6 Å². The van der Waals surface area contributed by atoms with E-state index >= 15 is 0 Å².